The van der Waals surface area contributed by atoms with Crippen LogP contribution in [0.3, 0.4) is 0 Å². The third-order valence-electron chi connectivity index (χ3n) is 15.4. The van der Waals surface area contributed by atoms with Gasteiger partial charge in [0.1, 0.15) is 0 Å². The van der Waals surface area contributed by atoms with Crippen LogP contribution in [-0.4, -0.2) is 49.8 Å². The monoisotopic (exact) mass is 532 g/mol. The first kappa shape index (κ1) is 26.6. The zero-order valence-electron chi connectivity index (χ0n) is 25.7. The topological polar surface area (TPSA) is 6.48 Å². The Morgan fingerprint density at radius 2 is 0.872 bits per heavy atom. The summed E-state index contributed by atoms with van der Waals surface area (Å²) in [6, 6.07) is 0. The Bertz CT molecular complexity index is 770. The fraction of sp³-hybridized carbons (Fsp3) is 1.00. The summed E-state index contributed by atoms with van der Waals surface area (Å²) in [6.07, 6.45) is 30.1. The van der Waals surface area contributed by atoms with Crippen LogP contribution in [0.2, 0.25) is 11.6 Å². The van der Waals surface area contributed by atoms with Gasteiger partial charge in [0.25, 0.3) is 0 Å². The first-order chi connectivity index (χ1) is 19.3. The van der Waals surface area contributed by atoms with Crippen molar-refractivity contribution < 1.29 is 0 Å². The van der Waals surface area contributed by atoms with Gasteiger partial charge in [-0.15, -0.1) is 0 Å². The van der Waals surface area contributed by atoms with Crippen LogP contribution in [0.4, 0.5) is 0 Å². The number of nitrogens with zero attached hydrogens (tertiary/aromatic N) is 2. The summed E-state index contributed by atoms with van der Waals surface area (Å²) in [6.45, 7) is 6.36. The fourth-order valence-electron chi connectivity index (χ4n) is 14.2. The highest BCUT2D eigenvalue weighted by molar-refractivity contribution is 6.60. The summed E-state index contributed by atoms with van der Waals surface area (Å²) < 4.78 is 0. The molecule has 6 aliphatic carbocycles. The summed E-state index contributed by atoms with van der Waals surface area (Å²) in [5, 5.41) is 0. The van der Waals surface area contributed by atoms with E-state index < -0.39 is 0 Å². The van der Waals surface area contributed by atoms with Crippen LogP contribution in [0.5, 0.6) is 0 Å². The fourth-order valence-corrected chi connectivity index (χ4v) is 14.2. The molecule has 0 aromatic rings. The molecule has 0 N–H and O–H groups in total. The lowest BCUT2D eigenvalue weighted by molar-refractivity contribution is 0.0930. The van der Waals surface area contributed by atoms with Crippen LogP contribution in [0.25, 0.3) is 0 Å². The van der Waals surface area contributed by atoms with Crippen molar-refractivity contribution in [2.24, 2.45) is 59.2 Å². The molecule has 8 aliphatic rings. The molecule has 0 bridgehead atoms. The van der Waals surface area contributed by atoms with Crippen molar-refractivity contribution in [3.8, 4) is 0 Å². The SMILES string of the molecule is CN1CCN(B2C3C4CCCC(C5CCCCC5)C4C[C@H]3C[C@@H]3CC4C(C5CCCCC5)CCCC4C23)CC1. The number of fused-ring (bicyclic) bond motifs is 6. The van der Waals surface area contributed by atoms with E-state index in [-0.39, 0.29) is 0 Å². The molecule has 8 unspecified atom stereocenters. The standard InChI is InChI=1S/C36H61BN2/c1-38-18-20-39(21-19-38)37-35-27(23-33-29(14-8-16-31(33)35)25-10-4-2-5-11-25)22-28-24-34-30(26-12-6-3-7-13-26)15-9-17-32(34)36(28)37/h25-36H,2-24H2,1H3/t27-,28-,29?,30?,31?,32?,33?,34?,35?,36?/m1/s1. The Labute approximate surface area is 242 Å². The molecule has 0 spiro atoms. The normalized spacial score (nSPS) is 48.4. The predicted octanol–water partition coefficient (Wildman–Crippen LogP) is 8.63. The molecule has 10 atom stereocenters. The van der Waals surface area contributed by atoms with E-state index in [1.807, 2.05) is 0 Å². The molecule has 2 saturated heterocycles. The molecule has 8 rings (SSSR count). The molecule has 0 aromatic carbocycles. The lowest BCUT2D eigenvalue weighted by Gasteiger charge is -2.52. The molecule has 0 amide bonds. The quantitative estimate of drug-likeness (QED) is 0.336. The van der Waals surface area contributed by atoms with E-state index in [0.717, 1.165) is 77.7 Å². The smallest absolute Gasteiger partial charge is 0.230 e. The maximum atomic E-state index is 3.17. The summed E-state index contributed by atoms with van der Waals surface area (Å²) >= 11 is 0. The highest BCUT2D eigenvalue weighted by Crippen LogP contribution is 2.69. The lowest BCUT2D eigenvalue weighted by atomic mass is 9.30. The summed E-state index contributed by atoms with van der Waals surface area (Å²) in [7, 11) is 2.38. The maximum absolute atomic E-state index is 3.17. The van der Waals surface area contributed by atoms with E-state index in [2.05, 4.69) is 16.8 Å². The zero-order valence-corrected chi connectivity index (χ0v) is 25.7. The molecule has 3 heteroatoms. The first-order valence-electron chi connectivity index (χ1n) is 18.7. The van der Waals surface area contributed by atoms with Gasteiger partial charge in [-0.25, -0.2) is 0 Å². The molecule has 39 heavy (non-hydrogen) atoms. The third-order valence-corrected chi connectivity index (χ3v) is 15.4. The Hall–Kier alpha value is -0.0151. The summed E-state index contributed by atoms with van der Waals surface area (Å²) in [5.41, 5.74) is 0. The van der Waals surface area contributed by atoms with Crippen LogP contribution >= 0.6 is 0 Å². The largest absolute Gasteiger partial charge is 0.339 e. The number of rotatable bonds is 3. The van der Waals surface area contributed by atoms with Crippen molar-refractivity contribution in [1.29, 1.82) is 0 Å². The Morgan fingerprint density at radius 1 is 0.410 bits per heavy atom. The van der Waals surface area contributed by atoms with Crippen LogP contribution < -0.4 is 0 Å². The number of hydrogen-bond donors (Lipinski definition) is 0. The van der Waals surface area contributed by atoms with Crippen LogP contribution in [0, 0.1) is 59.2 Å². The highest BCUT2D eigenvalue weighted by atomic mass is 15.2. The predicted molar refractivity (Wildman–Crippen MR) is 165 cm³/mol. The van der Waals surface area contributed by atoms with E-state index >= 15 is 0 Å². The van der Waals surface area contributed by atoms with Crippen LogP contribution in [0.15, 0.2) is 0 Å². The van der Waals surface area contributed by atoms with E-state index in [1.54, 1.807) is 109 Å². The molecule has 2 heterocycles. The minimum Gasteiger partial charge on any atom is -0.339 e. The average molecular weight is 533 g/mol. The van der Waals surface area contributed by atoms with E-state index in [0.29, 0.717) is 0 Å². The van der Waals surface area contributed by atoms with Gasteiger partial charge < -0.3 is 9.71 Å². The van der Waals surface area contributed by atoms with Gasteiger partial charge in [-0.2, -0.15) is 0 Å². The molecular weight excluding hydrogens is 471 g/mol. The molecular formula is C36H61BN2. The minimum atomic E-state index is 0.961. The minimum absolute atomic E-state index is 0.961. The summed E-state index contributed by atoms with van der Waals surface area (Å²) in [5.74, 6) is 13.2. The van der Waals surface area contributed by atoms with Gasteiger partial charge in [-0.1, -0.05) is 89.9 Å². The van der Waals surface area contributed by atoms with Crippen molar-refractivity contribution in [1.82, 2.24) is 9.71 Å². The van der Waals surface area contributed by atoms with Gasteiger partial charge >= 0.3 is 0 Å². The maximum Gasteiger partial charge on any atom is 0.230 e. The second-order valence-corrected chi connectivity index (χ2v) is 16.9. The van der Waals surface area contributed by atoms with Crippen LogP contribution in [-0.2, 0) is 0 Å². The molecule has 2 aliphatic heterocycles. The van der Waals surface area contributed by atoms with Gasteiger partial charge in [0.2, 0.25) is 6.85 Å². The van der Waals surface area contributed by atoms with Gasteiger partial charge in [-0.3, -0.25) is 0 Å². The molecule has 2 nitrogen and oxygen atoms in total. The average Bonchev–Trinajstić information content (AvgIpc) is 3.55. The second-order valence-electron chi connectivity index (χ2n) is 16.9. The van der Waals surface area contributed by atoms with E-state index in [4.69, 9.17) is 0 Å². The number of hydrogen-bond acceptors (Lipinski definition) is 2. The number of likely N-dealkylation sites (N-methyl/N-ethyl adjacent to an activating group) is 1. The molecule has 0 radical (unpaired) electrons. The molecule has 8 fully saturated rings. The van der Waals surface area contributed by atoms with Gasteiger partial charge in [0, 0.05) is 26.2 Å². The van der Waals surface area contributed by atoms with Gasteiger partial charge in [-0.05, 0) is 110 Å². The molecule has 0 aromatic heterocycles. The second kappa shape index (κ2) is 11.2. The van der Waals surface area contributed by atoms with E-state index in [9.17, 15) is 0 Å². The van der Waals surface area contributed by atoms with Crippen molar-refractivity contribution in [2.75, 3.05) is 33.2 Å². The third kappa shape index (κ3) is 4.73. The molecule has 218 valence electrons. The van der Waals surface area contributed by atoms with Gasteiger partial charge in [0.05, 0.1) is 0 Å². The Morgan fingerprint density at radius 3 is 1.36 bits per heavy atom. The van der Waals surface area contributed by atoms with E-state index in [1.165, 1.54) is 39.0 Å². The zero-order chi connectivity index (χ0) is 25.9. The first-order valence-corrected chi connectivity index (χ1v) is 18.7. The van der Waals surface area contributed by atoms with Crippen molar-refractivity contribution >= 4 is 6.85 Å². The Kier molecular flexibility index (Phi) is 7.67. The van der Waals surface area contributed by atoms with Gasteiger partial charge in [0.15, 0.2) is 0 Å². The lowest BCUT2D eigenvalue weighted by Crippen LogP contribution is -2.59. The number of piperazine rings is 1. The highest BCUT2D eigenvalue weighted by Gasteiger charge is 2.64. The van der Waals surface area contributed by atoms with Crippen molar-refractivity contribution in [3.63, 3.8) is 0 Å². The summed E-state index contributed by atoms with van der Waals surface area (Å²) in [4.78, 5) is 5.80. The Balaban J connectivity index is 1.09. The molecule has 6 saturated carbocycles. The van der Waals surface area contributed by atoms with Crippen molar-refractivity contribution in [2.45, 2.75) is 134 Å². The van der Waals surface area contributed by atoms with Crippen molar-refractivity contribution in [3.05, 3.63) is 0 Å². The van der Waals surface area contributed by atoms with Crippen LogP contribution in [0.1, 0.15) is 122 Å².